The van der Waals surface area contributed by atoms with Gasteiger partial charge in [0.15, 0.2) is 12.3 Å². The van der Waals surface area contributed by atoms with Crippen molar-refractivity contribution in [3.8, 4) is 16.9 Å². The molecule has 1 amide bonds. The number of carbonyl (C=O) groups is 1. The van der Waals surface area contributed by atoms with Gasteiger partial charge in [-0.05, 0) is 41.0 Å². The van der Waals surface area contributed by atoms with Crippen molar-refractivity contribution in [2.45, 2.75) is 6.54 Å². The smallest absolute Gasteiger partial charge is 0.350 e. The van der Waals surface area contributed by atoms with Gasteiger partial charge in [0, 0.05) is 12.7 Å². The van der Waals surface area contributed by atoms with Crippen LogP contribution in [0.1, 0.15) is 0 Å². The van der Waals surface area contributed by atoms with E-state index in [-0.39, 0.29) is 36.9 Å². The van der Waals surface area contributed by atoms with Crippen molar-refractivity contribution in [1.82, 2.24) is 14.2 Å². The van der Waals surface area contributed by atoms with Gasteiger partial charge in [-0.25, -0.2) is 13.9 Å². The van der Waals surface area contributed by atoms with Crippen molar-refractivity contribution in [3.05, 3.63) is 58.9 Å². The Hall–Kier alpha value is -3.46. The highest BCUT2D eigenvalue weighted by atomic mass is 19.1. The molecule has 1 aliphatic rings. The molecule has 0 unspecified atom stereocenters. The number of carbonyl (C=O) groups excluding carboxylic acids is 1. The molecule has 138 valence electrons. The number of amides is 1. The summed E-state index contributed by atoms with van der Waals surface area (Å²) in [5.41, 5.74) is 7.98. The molecule has 0 atom stereocenters. The van der Waals surface area contributed by atoms with Gasteiger partial charge >= 0.3 is 5.69 Å². The first kappa shape index (κ1) is 17.0. The molecule has 27 heavy (non-hydrogen) atoms. The van der Waals surface area contributed by atoms with Gasteiger partial charge in [0.1, 0.15) is 5.75 Å². The standard InChI is InChI=1S/C18H16FN5O3/c19-7-11(8-20)9-24-18(26)23-4-3-13(6-16(23)22-24)12-1-2-15-14(5-12)21-17(25)10-27-15/h1-7H,8-10,20H2,(H,21,25)/b11-7+. The number of anilines is 1. The summed E-state index contributed by atoms with van der Waals surface area (Å²) in [7, 11) is 0. The molecule has 2 aromatic heterocycles. The van der Waals surface area contributed by atoms with E-state index in [2.05, 4.69) is 10.4 Å². The Morgan fingerprint density at radius 2 is 2.11 bits per heavy atom. The number of hydrogen-bond donors (Lipinski definition) is 2. The maximum Gasteiger partial charge on any atom is 0.350 e. The minimum atomic E-state index is -0.379. The van der Waals surface area contributed by atoms with Crippen molar-refractivity contribution < 1.29 is 13.9 Å². The van der Waals surface area contributed by atoms with E-state index in [4.69, 9.17) is 10.5 Å². The fourth-order valence-corrected chi connectivity index (χ4v) is 2.90. The normalized spacial score (nSPS) is 14.0. The molecule has 9 heteroatoms. The van der Waals surface area contributed by atoms with Crippen molar-refractivity contribution in [2.75, 3.05) is 18.5 Å². The Morgan fingerprint density at radius 3 is 2.89 bits per heavy atom. The van der Waals surface area contributed by atoms with E-state index >= 15 is 0 Å². The third kappa shape index (κ3) is 3.08. The summed E-state index contributed by atoms with van der Waals surface area (Å²) in [6.45, 7) is -0.00713. The van der Waals surface area contributed by atoms with Crippen LogP contribution in [0, 0.1) is 0 Å². The van der Waals surface area contributed by atoms with Gasteiger partial charge in [-0.15, -0.1) is 5.10 Å². The zero-order valence-corrected chi connectivity index (χ0v) is 14.2. The number of fused-ring (bicyclic) bond motifs is 2. The van der Waals surface area contributed by atoms with Crippen LogP contribution in [0.15, 0.2) is 53.2 Å². The number of halogens is 1. The van der Waals surface area contributed by atoms with Crippen molar-refractivity contribution in [2.24, 2.45) is 5.73 Å². The predicted molar refractivity (Wildman–Crippen MR) is 97.3 cm³/mol. The monoisotopic (exact) mass is 369 g/mol. The molecule has 3 aromatic rings. The molecule has 0 saturated heterocycles. The summed E-state index contributed by atoms with van der Waals surface area (Å²) in [6.07, 6.45) is 2.00. The van der Waals surface area contributed by atoms with Crippen LogP contribution in [0.3, 0.4) is 0 Å². The highest BCUT2D eigenvalue weighted by molar-refractivity contribution is 5.96. The molecule has 1 aromatic carbocycles. The molecule has 0 bridgehead atoms. The molecule has 8 nitrogen and oxygen atoms in total. The quantitative estimate of drug-likeness (QED) is 0.722. The van der Waals surface area contributed by atoms with Crippen molar-refractivity contribution in [3.63, 3.8) is 0 Å². The Bertz CT molecular complexity index is 1130. The second kappa shape index (κ2) is 6.69. The number of nitrogens with one attached hydrogen (secondary N) is 1. The number of rotatable bonds is 4. The lowest BCUT2D eigenvalue weighted by Crippen LogP contribution is -2.25. The van der Waals surface area contributed by atoms with Gasteiger partial charge in [0.2, 0.25) is 0 Å². The van der Waals surface area contributed by atoms with Crippen LogP contribution in [0.25, 0.3) is 16.8 Å². The van der Waals surface area contributed by atoms with E-state index in [1.165, 1.54) is 4.40 Å². The first-order chi connectivity index (χ1) is 13.1. The Labute approximate surface area is 152 Å². The van der Waals surface area contributed by atoms with E-state index in [0.29, 0.717) is 23.4 Å². The lowest BCUT2D eigenvalue weighted by Gasteiger charge is -2.18. The van der Waals surface area contributed by atoms with E-state index in [9.17, 15) is 14.0 Å². The van der Waals surface area contributed by atoms with Crippen LogP contribution in [0.2, 0.25) is 0 Å². The van der Waals surface area contributed by atoms with Gasteiger partial charge < -0.3 is 15.8 Å². The first-order valence-corrected chi connectivity index (χ1v) is 8.23. The van der Waals surface area contributed by atoms with Gasteiger partial charge in [0.25, 0.3) is 5.91 Å². The number of pyridine rings is 1. The van der Waals surface area contributed by atoms with Crippen LogP contribution in [0.5, 0.6) is 5.75 Å². The molecular weight excluding hydrogens is 353 g/mol. The minimum absolute atomic E-state index is 0.00320. The number of nitrogens with zero attached hydrogens (tertiary/aromatic N) is 3. The van der Waals surface area contributed by atoms with Crippen LogP contribution < -0.4 is 21.5 Å². The fraction of sp³-hybridized carbons (Fsp3) is 0.167. The van der Waals surface area contributed by atoms with Gasteiger partial charge in [-0.3, -0.25) is 9.20 Å². The average Bonchev–Trinajstić information content (AvgIpc) is 3.00. The summed E-state index contributed by atoms with van der Waals surface area (Å²) in [5.74, 6) is 0.393. The van der Waals surface area contributed by atoms with Gasteiger partial charge in [-0.1, -0.05) is 6.07 Å². The number of nitrogens with two attached hydrogens (primary N) is 1. The van der Waals surface area contributed by atoms with Crippen LogP contribution in [0.4, 0.5) is 10.1 Å². The molecule has 1 aliphatic heterocycles. The molecule has 0 aliphatic carbocycles. The van der Waals surface area contributed by atoms with Crippen LogP contribution in [-0.4, -0.2) is 33.2 Å². The van der Waals surface area contributed by atoms with E-state index in [0.717, 1.165) is 15.8 Å². The summed E-state index contributed by atoms with van der Waals surface area (Å²) in [5, 5.41) is 7.01. The third-order valence-electron chi connectivity index (χ3n) is 4.30. The van der Waals surface area contributed by atoms with Crippen molar-refractivity contribution in [1.29, 1.82) is 0 Å². The number of benzene rings is 1. The maximum absolute atomic E-state index is 12.7. The highest BCUT2D eigenvalue weighted by Crippen LogP contribution is 2.32. The zero-order valence-electron chi connectivity index (χ0n) is 14.2. The zero-order chi connectivity index (χ0) is 19.0. The second-order valence-corrected chi connectivity index (χ2v) is 6.10. The molecule has 0 radical (unpaired) electrons. The van der Waals surface area contributed by atoms with Gasteiger partial charge in [0.05, 0.1) is 18.6 Å². The van der Waals surface area contributed by atoms with Crippen molar-refractivity contribution >= 4 is 17.2 Å². The van der Waals surface area contributed by atoms with E-state index in [1.807, 2.05) is 6.07 Å². The number of ether oxygens (including phenoxy) is 1. The fourth-order valence-electron chi connectivity index (χ4n) is 2.90. The largest absolute Gasteiger partial charge is 0.482 e. The van der Waals surface area contributed by atoms with Crippen LogP contribution in [-0.2, 0) is 11.3 Å². The lowest BCUT2D eigenvalue weighted by atomic mass is 10.1. The van der Waals surface area contributed by atoms with Gasteiger partial charge in [-0.2, -0.15) is 0 Å². The van der Waals surface area contributed by atoms with E-state index < -0.39 is 0 Å². The molecule has 4 rings (SSSR count). The maximum atomic E-state index is 12.7. The molecule has 3 N–H and O–H groups in total. The summed E-state index contributed by atoms with van der Waals surface area (Å²) in [6, 6.07) is 8.94. The molecule has 0 fully saturated rings. The Morgan fingerprint density at radius 1 is 1.30 bits per heavy atom. The Balaban J connectivity index is 1.73. The van der Waals surface area contributed by atoms with E-state index in [1.54, 1.807) is 30.5 Å². The topological polar surface area (TPSA) is 104 Å². The number of hydrogen-bond acceptors (Lipinski definition) is 5. The number of aromatic nitrogens is 3. The molecular formula is C18H16FN5O3. The molecule has 3 heterocycles. The third-order valence-corrected chi connectivity index (χ3v) is 4.30. The highest BCUT2D eigenvalue weighted by Gasteiger charge is 2.17. The summed E-state index contributed by atoms with van der Waals surface area (Å²) >= 11 is 0. The lowest BCUT2D eigenvalue weighted by molar-refractivity contribution is -0.118. The second-order valence-electron chi connectivity index (χ2n) is 6.10. The predicted octanol–water partition coefficient (Wildman–Crippen LogP) is 1.31. The molecule has 0 spiro atoms. The summed E-state index contributed by atoms with van der Waals surface area (Å²) < 4.78 is 20.6. The van der Waals surface area contributed by atoms with Crippen LogP contribution >= 0.6 is 0 Å². The summed E-state index contributed by atoms with van der Waals surface area (Å²) in [4.78, 5) is 23.9. The minimum Gasteiger partial charge on any atom is -0.482 e. The molecule has 0 saturated carbocycles. The SMILES string of the molecule is NC/C(=C\F)Cn1nc2cc(-c3ccc4c(c3)NC(=O)CO4)ccn2c1=O. The Kier molecular flexibility index (Phi) is 4.21. The average molecular weight is 369 g/mol. The first-order valence-electron chi connectivity index (χ1n) is 8.23.